The fraction of sp³-hybridized carbons (Fsp3) is 0.778. The van der Waals surface area contributed by atoms with E-state index < -0.39 is 0 Å². The van der Waals surface area contributed by atoms with E-state index >= 15 is 0 Å². The lowest BCUT2D eigenvalue weighted by Gasteiger charge is -2.23. The van der Waals surface area contributed by atoms with E-state index in [1.165, 1.54) is 19.3 Å². The van der Waals surface area contributed by atoms with Crippen LogP contribution in [0.15, 0.2) is 12.3 Å². The number of allylic oxidation sites excluding steroid dienone is 1. The van der Waals surface area contributed by atoms with Crippen LogP contribution in [-0.4, -0.2) is 19.3 Å². The molecule has 2 atom stereocenters. The SMILES string of the molecule is C1=COC(C2CCOC2)CC1. The standard InChI is InChI=1S/C9H14O2/c1-2-5-11-9(3-1)8-4-6-10-7-8/h2,5,8-9H,1,3-4,6-7H2. The van der Waals surface area contributed by atoms with Gasteiger partial charge in [0, 0.05) is 12.5 Å². The number of hydrogen-bond acceptors (Lipinski definition) is 2. The van der Waals surface area contributed by atoms with E-state index in [4.69, 9.17) is 9.47 Å². The van der Waals surface area contributed by atoms with Crippen LogP contribution in [0.25, 0.3) is 0 Å². The Balaban J connectivity index is 1.88. The van der Waals surface area contributed by atoms with E-state index in [9.17, 15) is 0 Å². The van der Waals surface area contributed by atoms with Crippen molar-refractivity contribution in [2.45, 2.75) is 25.4 Å². The molecule has 1 saturated heterocycles. The topological polar surface area (TPSA) is 18.5 Å². The highest BCUT2D eigenvalue weighted by Crippen LogP contribution is 2.24. The lowest BCUT2D eigenvalue weighted by molar-refractivity contribution is 0.0598. The van der Waals surface area contributed by atoms with Gasteiger partial charge in [-0.25, -0.2) is 0 Å². The maximum atomic E-state index is 5.50. The molecule has 0 aromatic carbocycles. The number of ether oxygens (including phenoxy) is 2. The molecule has 0 radical (unpaired) electrons. The minimum absolute atomic E-state index is 0.433. The van der Waals surface area contributed by atoms with Crippen LogP contribution in [-0.2, 0) is 9.47 Å². The molecule has 2 aliphatic rings. The molecule has 2 nitrogen and oxygen atoms in total. The smallest absolute Gasteiger partial charge is 0.103 e. The molecular formula is C9H14O2. The fourth-order valence-corrected chi connectivity index (χ4v) is 1.75. The summed E-state index contributed by atoms with van der Waals surface area (Å²) in [7, 11) is 0. The lowest BCUT2D eigenvalue weighted by Crippen LogP contribution is -2.24. The Morgan fingerprint density at radius 1 is 1.27 bits per heavy atom. The van der Waals surface area contributed by atoms with Crippen molar-refractivity contribution in [2.24, 2.45) is 5.92 Å². The van der Waals surface area contributed by atoms with Gasteiger partial charge < -0.3 is 9.47 Å². The van der Waals surface area contributed by atoms with Gasteiger partial charge in [-0.15, -0.1) is 0 Å². The maximum Gasteiger partial charge on any atom is 0.103 e. The molecule has 2 heteroatoms. The first-order valence-electron chi connectivity index (χ1n) is 4.35. The van der Waals surface area contributed by atoms with Gasteiger partial charge >= 0.3 is 0 Å². The minimum atomic E-state index is 0.433. The summed E-state index contributed by atoms with van der Waals surface area (Å²) in [4.78, 5) is 0. The van der Waals surface area contributed by atoms with Gasteiger partial charge in [-0.3, -0.25) is 0 Å². The van der Waals surface area contributed by atoms with Crippen molar-refractivity contribution in [1.82, 2.24) is 0 Å². The number of hydrogen-bond donors (Lipinski definition) is 0. The summed E-state index contributed by atoms with van der Waals surface area (Å²) in [5.41, 5.74) is 0. The summed E-state index contributed by atoms with van der Waals surface area (Å²) in [5, 5.41) is 0. The van der Waals surface area contributed by atoms with Gasteiger partial charge in [-0.1, -0.05) is 0 Å². The van der Waals surface area contributed by atoms with Crippen molar-refractivity contribution >= 4 is 0 Å². The van der Waals surface area contributed by atoms with Gasteiger partial charge in [0.15, 0.2) is 0 Å². The van der Waals surface area contributed by atoms with Crippen molar-refractivity contribution in [3.63, 3.8) is 0 Å². The van der Waals surface area contributed by atoms with Gasteiger partial charge in [-0.2, -0.15) is 0 Å². The largest absolute Gasteiger partial charge is 0.498 e. The molecule has 2 heterocycles. The second-order valence-electron chi connectivity index (χ2n) is 3.25. The first kappa shape index (κ1) is 7.17. The third kappa shape index (κ3) is 1.56. The summed E-state index contributed by atoms with van der Waals surface area (Å²) in [5.74, 6) is 0.653. The van der Waals surface area contributed by atoms with E-state index in [0.717, 1.165) is 13.2 Å². The Hall–Kier alpha value is -0.500. The van der Waals surface area contributed by atoms with Crippen molar-refractivity contribution < 1.29 is 9.47 Å². The van der Waals surface area contributed by atoms with Gasteiger partial charge in [0.05, 0.1) is 12.9 Å². The summed E-state index contributed by atoms with van der Waals surface area (Å²) < 4.78 is 10.8. The average Bonchev–Trinajstić information content (AvgIpc) is 2.58. The molecule has 0 amide bonds. The molecule has 0 bridgehead atoms. The second-order valence-corrected chi connectivity index (χ2v) is 3.25. The summed E-state index contributed by atoms with van der Waals surface area (Å²) in [6, 6.07) is 0. The molecule has 0 aliphatic carbocycles. The zero-order valence-corrected chi connectivity index (χ0v) is 6.66. The third-order valence-corrected chi connectivity index (χ3v) is 2.46. The molecule has 1 fully saturated rings. The van der Waals surface area contributed by atoms with Crippen LogP contribution in [0, 0.1) is 5.92 Å². The van der Waals surface area contributed by atoms with Crippen LogP contribution >= 0.6 is 0 Å². The Bertz CT molecular complexity index is 148. The summed E-state index contributed by atoms with van der Waals surface area (Å²) in [6.45, 7) is 1.83. The van der Waals surface area contributed by atoms with Gasteiger partial charge in [0.1, 0.15) is 6.10 Å². The molecular weight excluding hydrogens is 140 g/mol. The quantitative estimate of drug-likeness (QED) is 0.572. The molecule has 2 rings (SSSR count). The highest BCUT2D eigenvalue weighted by molar-refractivity contribution is 4.86. The minimum Gasteiger partial charge on any atom is -0.498 e. The zero-order valence-electron chi connectivity index (χ0n) is 6.66. The first-order chi connectivity index (χ1) is 5.47. The molecule has 62 valence electrons. The van der Waals surface area contributed by atoms with E-state index in [1.54, 1.807) is 0 Å². The Kier molecular flexibility index (Phi) is 2.13. The van der Waals surface area contributed by atoms with E-state index in [2.05, 4.69) is 6.08 Å². The van der Waals surface area contributed by atoms with Crippen molar-refractivity contribution in [1.29, 1.82) is 0 Å². The molecule has 0 saturated carbocycles. The van der Waals surface area contributed by atoms with Crippen molar-refractivity contribution in [3.05, 3.63) is 12.3 Å². The summed E-state index contributed by atoms with van der Waals surface area (Å²) >= 11 is 0. The molecule has 2 unspecified atom stereocenters. The molecule has 0 N–H and O–H groups in total. The predicted octanol–water partition coefficient (Wildman–Crippen LogP) is 1.72. The predicted molar refractivity (Wildman–Crippen MR) is 42.2 cm³/mol. The van der Waals surface area contributed by atoms with Crippen LogP contribution in [0.1, 0.15) is 19.3 Å². The molecule has 0 spiro atoms. The average molecular weight is 154 g/mol. The van der Waals surface area contributed by atoms with E-state index in [1.807, 2.05) is 6.26 Å². The first-order valence-corrected chi connectivity index (χ1v) is 4.35. The Labute approximate surface area is 67.2 Å². The molecule has 11 heavy (non-hydrogen) atoms. The molecule has 2 aliphatic heterocycles. The normalized spacial score (nSPS) is 37.1. The lowest BCUT2D eigenvalue weighted by atomic mass is 9.97. The Morgan fingerprint density at radius 3 is 2.91 bits per heavy atom. The maximum absolute atomic E-state index is 5.50. The molecule has 0 aromatic rings. The van der Waals surface area contributed by atoms with Crippen LogP contribution in [0.3, 0.4) is 0 Å². The molecule has 0 aromatic heterocycles. The Morgan fingerprint density at radius 2 is 2.27 bits per heavy atom. The van der Waals surface area contributed by atoms with Crippen LogP contribution in [0.4, 0.5) is 0 Å². The van der Waals surface area contributed by atoms with E-state index in [0.29, 0.717) is 12.0 Å². The van der Waals surface area contributed by atoms with Crippen LogP contribution < -0.4 is 0 Å². The third-order valence-electron chi connectivity index (χ3n) is 2.46. The summed E-state index contributed by atoms with van der Waals surface area (Å²) in [6.07, 6.45) is 7.88. The fourth-order valence-electron chi connectivity index (χ4n) is 1.75. The van der Waals surface area contributed by atoms with Crippen LogP contribution in [0.2, 0.25) is 0 Å². The van der Waals surface area contributed by atoms with Crippen molar-refractivity contribution in [2.75, 3.05) is 13.2 Å². The van der Waals surface area contributed by atoms with E-state index in [-0.39, 0.29) is 0 Å². The van der Waals surface area contributed by atoms with Gasteiger partial charge in [0.2, 0.25) is 0 Å². The highest BCUT2D eigenvalue weighted by Gasteiger charge is 2.26. The van der Waals surface area contributed by atoms with Gasteiger partial charge in [-0.05, 0) is 25.3 Å². The van der Waals surface area contributed by atoms with Gasteiger partial charge in [0.25, 0.3) is 0 Å². The highest BCUT2D eigenvalue weighted by atomic mass is 16.5. The zero-order chi connectivity index (χ0) is 7.52. The number of rotatable bonds is 1. The second kappa shape index (κ2) is 3.26. The monoisotopic (exact) mass is 154 g/mol. The van der Waals surface area contributed by atoms with Crippen molar-refractivity contribution in [3.8, 4) is 0 Å². The van der Waals surface area contributed by atoms with Crippen LogP contribution in [0.5, 0.6) is 0 Å².